The van der Waals surface area contributed by atoms with Crippen molar-refractivity contribution in [2.45, 2.75) is 32.4 Å². The van der Waals surface area contributed by atoms with Crippen molar-refractivity contribution in [3.8, 4) is 18.1 Å². The summed E-state index contributed by atoms with van der Waals surface area (Å²) in [6, 6.07) is 13.2. The molecule has 20 heavy (non-hydrogen) atoms. The molecule has 0 aliphatic heterocycles. The minimum Gasteiger partial charge on any atom is -0.497 e. The van der Waals surface area contributed by atoms with Crippen LogP contribution in [0.4, 0.5) is 0 Å². The standard InChI is InChI=1S/C18H21NO/c1-5-6-13(2)19-14(3)15-7-8-17-12-18(20-4)10-9-16(17)11-15/h1,7-14,19H,6H2,2-4H3. The van der Waals surface area contributed by atoms with Crippen LogP contribution < -0.4 is 10.1 Å². The maximum atomic E-state index is 5.34. The number of terminal acetylenes is 1. The lowest BCUT2D eigenvalue weighted by Crippen LogP contribution is -2.28. The van der Waals surface area contributed by atoms with Gasteiger partial charge >= 0.3 is 0 Å². The Bertz CT molecular complexity index is 627. The molecule has 0 aliphatic carbocycles. The molecule has 2 aromatic carbocycles. The summed E-state index contributed by atoms with van der Waals surface area (Å²) in [5.74, 6) is 3.58. The van der Waals surface area contributed by atoms with E-state index in [9.17, 15) is 0 Å². The molecule has 2 aromatic rings. The molecule has 1 N–H and O–H groups in total. The fourth-order valence-corrected chi connectivity index (χ4v) is 2.40. The van der Waals surface area contributed by atoms with Gasteiger partial charge in [0.15, 0.2) is 0 Å². The SMILES string of the molecule is C#CCC(C)NC(C)c1ccc2cc(OC)ccc2c1. The average Bonchev–Trinajstić information content (AvgIpc) is 2.46. The molecule has 0 amide bonds. The van der Waals surface area contributed by atoms with Gasteiger partial charge in [0, 0.05) is 18.5 Å². The minimum atomic E-state index is 0.282. The largest absolute Gasteiger partial charge is 0.497 e. The Morgan fingerprint density at radius 2 is 1.85 bits per heavy atom. The number of hydrogen-bond donors (Lipinski definition) is 1. The number of methoxy groups -OCH3 is 1. The van der Waals surface area contributed by atoms with E-state index in [0.717, 1.165) is 12.2 Å². The molecule has 0 heterocycles. The highest BCUT2D eigenvalue weighted by atomic mass is 16.5. The van der Waals surface area contributed by atoms with Gasteiger partial charge in [0.1, 0.15) is 5.75 Å². The van der Waals surface area contributed by atoms with E-state index in [-0.39, 0.29) is 6.04 Å². The summed E-state index contributed by atoms with van der Waals surface area (Å²) in [6.45, 7) is 4.28. The average molecular weight is 267 g/mol. The molecule has 0 radical (unpaired) electrons. The molecule has 2 unspecified atom stereocenters. The summed E-state index contributed by atoms with van der Waals surface area (Å²) < 4.78 is 5.25. The van der Waals surface area contributed by atoms with Crippen LogP contribution >= 0.6 is 0 Å². The third-order valence-electron chi connectivity index (χ3n) is 3.53. The van der Waals surface area contributed by atoms with Crippen LogP contribution in [0.15, 0.2) is 36.4 Å². The van der Waals surface area contributed by atoms with Gasteiger partial charge in [-0.15, -0.1) is 12.3 Å². The summed E-state index contributed by atoms with van der Waals surface area (Å²) >= 11 is 0. The fraction of sp³-hybridized carbons (Fsp3) is 0.333. The zero-order chi connectivity index (χ0) is 14.5. The van der Waals surface area contributed by atoms with Crippen LogP contribution in [-0.4, -0.2) is 13.2 Å². The van der Waals surface area contributed by atoms with Gasteiger partial charge in [0.25, 0.3) is 0 Å². The highest BCUT2D eigenvalue weighted by Crippen LogP contribution is 2.24. The van der Waals surface area contributed by atoms with E-state index in [1.54, 1.807) is 7.11 Å². The Labute approximate surface area is 121 Å². The third kappa shape index (κ3) is 3.31. The molecule has 0 spiro atoms. The van der Waals surface area contributed by atoms with Crippen molar-refractivity contribution < 1.29 is 4.74 Å². The van der Waals surface area contributed by atoms with E-state index < -0.39 is 0 Å². The summed E-state index contributed by atoms with van der Waals surface area (Å²) in [6.07, 6.45) is 6.09. The van der Waals surface area contributed by atoms with Gasteiger partial charge in [-0.1, -0.05) is 18.2 Å². The van der Waals surface area contributed by atoms with Crippen molar-refractivity contribution in [3.05, 3.63) is 42.0 Å². The van der Waals surface area contributed by atoms with Crippen LogP contribution in [0.1, 0.15) is 31.9 Å². The Balaban J connectivity index is 2.21. The van der Waals surface area contributed by atoms with Crippen LogP contribution in [0.5, 0.6) is 5.75 Å². The van der Waals surface area contributed by atoms with Crippen molar-refractivity contribution in [3.63, 3.8) is 0 Å². The zero-order valence-corrected chi connectivity index (χ0v) is 12.3. The van der Waals surface area contributed by atoms with Crippen molar-refractivity contribution in [1.29, 1.82) is 0 Å². The molecule has 0 fully saturated rings. The van der Waals surface area contributed by atoms with E-state index in [1.807, 2.05) is 6.07 Å². The van der Waals surface area contributed by atoms with Crippen LogP contribution in [0.25, 0.3) is 10.8 Å². The Hall–Kier alpha value is -1.98. The molecule has 2 atom stereocenters. The van der Waals surface area contributed by atoms with Crippen LogP contribution in [-0.2, 0) is 0 Å². The summed E-state index contributed by atoms with van der Waals surface area (Å²) in [7, 11) is 1.69. The minimum absolute atomic E-state index is 0.282. The van der Waals surface area contributed by atoms with Gasteiger partial charge in [-0.3, -0.25) is 0 Å². The Kier molecular flexibility index (Phi) is 4.65. The molecule has 2 nitrogen and oxygen atoms in total. The van der Waals surface area contributed by atoms with E-state index in [1.165, 1.54) is 16.3 Å². The van der Waals surface area contributed by atoms with Crippen molar-refractivity contribution in [2.24, 2.45) is 0 Å². The number of fused-ring (bicyclic) bond motifs is 1. The first-order valence-electron chi connectivity index (χ1n) is 6.91. The monoisotopic (exact) mass is 267 g/mol. The predicted octanol–water partition coefficient (Wildman–Crippen LogP) is 3.91. The maximum absolute atomic E-state index is 5.34. The number of rotatable bonds is 5. The third-order valence-corrected chi connectivity index (χ3v) is 3.53. The Morgan fingerprint density at radius 3 is 2.55 bits per heavy atom. The van der Waals surface area contributed by atoms with E-state index in [4.69, 9.17) is 11.2 Å². The number of nitrogens with one attached hydrogen (secondary N) is 1. The van der Waals surface area contributed by atoms with E-state index >= 15 is 0 Å². The van der Waals surface area contributed by atoms with Gasteiger partial charge in [0.2, 0.25) is 0 Å². The second-order valence-electron chi connectivity index (χ2n) is 5.17. The molecule has 2 heteroatoms. The summed E-state index contributed by atoms with van der Waals surface area (Å²) in [4.78, 5) is 0. The lowest BCUT2D eigenvalue weighted by Gasteiger charge is -2.19. The Morgan fingerprint density at radius 1 is 1.15 bits per heavy atom. The molecule has 0 saturated heterocycles. The van der Waals surface area contributed by atoms with Gasteiger partial charge in [0.05, 0.1) is 7.11 Å². The van der Waals surface area contributed by atoms with Crippen molar-refractivity contribution in [2.75, 3.05) is 7.11 Å². The lowest BCUT2D eigenvalue weighted by molar-refractivity contribution is 0.415. The second kappa shape index (κ2) is 6.45. The van der Waals surface area contributed by atoms with E-state index in [0.29, 0.717) is 6.04 Å². The molecule has 0 aromatic heterocycles. The summed E-state index contributed by atoms with van der Waals surface area (Å²) in [5.41, 5.74) is 1.27. The van der Waals surface area contributed by atoms with Crippen LogP contribution in [0.2, 0.25) is 0 Å². The molecule has 2 rings (SSSR count). The first-order chi connectivity index (χ1) is 9.63. The van der Waals surface area contributed by atoms with E-state index in [2.05, 4.69) is 55.4 Å². The van der Waals surface area contributed by atoms with Crippen molar-refractivity contribution >= 4 is 10.8 Å². The molecular formula is C18H21NO. The maximum Gasteiger partial charge on any atom is 0.119 e. The van der Waals surface area contributed by atoms with Gasteiger partial charge in [-0.2, -0.15) is 0 Å². The normalized spacial score (nSPS) is 13.7. The van der Waals surface area contributed by atoms with Crippen LogP contribution in [0.3, 0.4) is 0 Å². The molecule has 0 aliphatic rings. The van der Waals surface area contributed by atoms with Gasteiger partial charge in [-0.25, -0.2) is 0 Å². The van der Waals surface area contributed by atoms with Gasteiger partial charge < -0.3 is 10.1 Å². The first kappa shape index (κ1) is 14.4. The molecule has 0 bridgehead atoms. The zero-order valence-electron chi connectivity index (χ0n) is 12.3. The highest BCUT2D eigenvalue weighted by molar-refractivity contribution is 5.84. The predicted molar refractivity (Wildman–Crippen MR) is 85.0 cm³/mol. The number of ether oxygens (including phenoxy) is 1. The molecule has 104 valence electrons. The highest BCUT2D eigenvalue weighted by Gasteiger charge is 2.09. The molecular weight excluding hydrogens is 246 g/mol. The molecule has 0 saturated carbocycles. The summed E-state index contributed by atoms with van der Waals surface area (Å²) in [5, 5.41) is 5.93. The topological polar surface area (TPSA) is 21.3 Å². The fourth-order valence-electron chi connectivity index (χ4n) is 2.40. The van der Waals surface area contributed by atoms with Gasteiger partial charge in [-0.05, 0) is 48.4 Å². The lowest BCUT2D eigenvalue weighted by atomic mass is 10.0. The van der Waals surface area contributed by atoms with Crippen LogP contribution in [0, 0.1) is 12.3 Å². The second-order valence-corrected chi connectivity index (χ2v) is 5.17. The number of benzene rings is 2. The number of hydrogen-bond acceptors (Lipinski definition) is 2. The first-order valence-corrected chi connectivity index (χ1v) is 6.91. The quantitative estimate of drug-likeness (QED) is 0.829. The van der Waals surface area contributed by atoms with Crippen molar-refractivity contribution in [1.82, 2.24) is 5.32 Å². The smallest absolute Gasteiger partial charge is 0.119 e.